The summed E-state index contributed by atoms with van der Waals surface area (Å²) in [7, 11) is 0. The number of hydrogen-bond acceptors (Lipinski definition) is 3. The summed E-state index contributed by atoms with van der Waals surface area (Å²) in [5, 5.41) is 2.81. The first-order chi connectivity index (χ1) is 9.13. The number of rotatable bonds is 2. The molecular weight excluding hydrogens is 256 g/mol. The molecule has 1 amide bonds. The van der Waals surface area contributed by atoms with Crippen LogP contribution in [0.4, 0.5) is 5.69 Å². The van der Waals surface area contributed by atoms with Crippen molar-refractivity contribution in [3.63, 3.8) is 0 Å². The van der Waals surface area contributed by atoms with Crippen molar-refractivity contribution in [2.45, 2.75) is 22.8 Å². The van der Waals surface area contributed by atoms with Gasteiger partial charge in [-0.1, -0.05) is 35.5 Å². The zero-order valence-corrected chi connectivity index (χ0v) is 11.3. The maximum atomic E-state index is 11.5. The third-order valence-corrected chi connectivity index (χ3v) is 4.15. The van der Waals surface area contributed by atoms with Gasteiger partial charge in [0, 0.05) is 21.0 Å². The Hall–Kier alpha value is -1.78. The first-order valence-corrected chi connectivity index (χ1v) is 6.90. The Labute approximate surface area is 116 Å². The molecule has 4 heteroatoms. The SMILES string of the molecule is Cc1ccc(Sc2ccc3c(c2)NC(=O)C3N)cc1. The summed E-state index contributed by atoms with van der Waals surface area (Å²) < 4.78 is 0. The summed E-state index contributed by atoms with van der Waals surface area (Å²) in [6, 6.07) is 13.7. The molecule has 0 aliphatic carbocycles. The number of aryl methyl sites for hydroxylation is 1. The van der Waals surface area contributed by atoms with Crippen LogP contribution in [0.5, 0.6) is 0 Å². The monoisotopic (exact) mass is 270 g/mol. The lowest BCUT2D eigenvalue weighted by Gasteiger charge is -2.05. The van der Waals surface area contributed by atoms with Gasteiger partial charge in [0.25, 0.3) is 0 Å². The van der Waals surface area contributed by atoms with Gasteiger partial charge in [-0.15, -0.1) is 0 Å². The van der Waals surface area contributed by atoms with E-state index in [1.54, 1.807) is 11.8 Å². The molecule has 0 saturated heterocycles. The second kappa shape index (κ2) is 4.72. The molecule has 3 N–H and O–H groups in total. The highest BCUT2D eigenvalue weighted by Gasteiger charge is 2.26. The van der Waals surface area contributed by atoms with Crippen LogP contribution >= 0.6 is 11.8 Å². The Morgan fingerprint density at radius 2 is 1.79 bits per heavy atom. The van der Waals surface area contributed by atoms with Crippen molar-refractivity contribution in [2.24, 2.45) is 5.73 Å². The van der Waals surface area contributed by atoms with Crippen molar-refractivity contribution < 1.29 is 4.79 Å². The topological polar surface area (TPSA) is 55.1 Å². The summed E-state index contributed by atoms with van der Waals surface area (Å²) in [4.78, 5) is 13.8. The van der Waals surface area contributed by atoms with Gasteiger partial charge >= 0.3 is 0 Å². The fraction of sp³-hybridized carbons (Fsp3) is 0.133. The van der Waals surface area contributed by atoms with Gasteiger partial charge in [-0.25, -0.2) is 0 Å². The van der Waals surface area contributed by atoms with E-state index in [4.69, 9.17) is 5.73 Å². The Balaban J connectivity index is 1.86. The smallest absolute Gasteiger partial charge is 0.245 e. The predicted molar refractivity (Wildman–Crippen MR) is 77.3 cm³/mol. The van der Waals surface area contributed by atoms with E-state index < -0.39 is 6.04 Å². The number of carbonyl (C=O) groups is 1. The summed E-state index contributed by atoms with van der Waals surface area (Å²) in [6.45, 7) is 2.07. The molecule has 1 aliphatic rings. The molecule has 3 nitrogen and oxygen atoms in total. The Morgan fingerprint density at radius 3 is 2.53 bits per heavy atom. The van der Waals surface area contributed by atoms with Crippen LogP contribution in [0.2, 0.25) is 0 Å². The highest BCUT2D eigenvalue weighted by atomic mass is 32.2. The minimum atomic E-state index is -0.534. The van der Waals surface area contributed by atoms with E-state index in [1.807, 2.05) is 18.2 Å². The number of benzene rings is 2. The van der Waals surface area contributed by atoms with Gasteiger partial charge in [0.2, 0.25) is 5.91 Å². The molecule has 0 radical (unpaired) electrons. The molecule has 0 fully saturated rings. The molecule has 19 heavy (non-hydrogen) atoms. The van der Waals surface area contributed by atoms with Crippen LogP contribution in [0.15, 0.2) is 52.3 Å². The fourth-order valence-corrected chi connectivity index (χ4v) is 2.93. The standard InChI is InChI=1S/C15H14N2OS/c1-9-2-4-10(5-3-9)19-11-6-7-12-13(8-11)17-15(18)14(12)16/h2-8,14H,16H2,1H3,(H,17,18). The molecule has 0 spiro atoms. The van der Waals surface area contributed by atoms with Crippen LogP contribution in [0.3, 0.4) is 0 Å². The first kappa shape index (κ1) is 12.3. The lowest BCUT2D eigenvalue weighted by molar-refractivity contribution is -0.116. The van der Waals surface area contributed by atoms with E-state index in [9.17, 15) is 4.79 Å². The zero-order valence-electron chi connectivity index (χ0n) is 10.5. The molecule has 0 bridgehead atoms. The summed E-state index contributed by atoms with van der Waals surface area (Å²) in [6.07, 6.45) is 0. The van der Waals surface area contributed by atoms with E-state index in [1.165, 1.54) is 10.5 Å². The first-order valence-electron chi connectivity index (χ1n) is 6.08. The molecule has 96 valence electrons. The van der Waals surface area contributed by atoms with Crippen LogP contribution < -0.4 is 11.1 Å². The molecular formula is C15H14N2OS. The predicted octanol–water partition coefficient (Wildman–Crippen LogP) is 3.10. The van der Waals surface area contributed by atoms with Gasteiger partial charge in [0.05, 0.1) is 0 Å². The number of nitrogens with one attached hydrogen (secondary N) is 1. The number of nitrogens with two attached hydrogens (primary N) is 1. The molecule has 1 heterocycles. The van der Waals surface area contributed by atoms with Crippen molar-refractivity contribution >= 4 is 23.4 Å². The number of fused-ring (bicyclic) bond motifs is 1. The molecule has 0 saturated carbocycles. The number of amides is 1. The van der Waals surface area contributed by atoms with Gasteiger partial charge < -0.3 is 11.1 Å². The van der Waals surface area contributed by atoms with Crippen molar-refractivity contribution in [1.29, 1.82) is 0 Å². The molecule has 3 rings (SSSR count). The van der Waals surface area contributed by atoms with Gasteiger partial charge in [-0.3, -0.25) is 4.79 Å². The third kappa shape index (κ3) is 2.37. The average Bonchev–Trinajstić information content (AvgIpc) is 2.68. The van der Waals surface area contributed by atoms with Crippen molar-refractivity contribution in [1.82, 2.24) is 0 Å². The van der Waals surface area contributed by atoms with E-state index in [0.29, 0.717) is 0 Å². The molecule has 1 aliphatic heterocycles. The maximum Gasteiger partial charge on any atom is 0.245 e. The highest BCUT2D eigenvalue weighted by Crippen LogP contribution is 2.35. The molecule has 1 unspecified atom stereocenters. The quantitative estimate of drug-likeness (QED) is 0.881. The maximum absolute atomic E-state index is 11.5. The second-order valence-corrected chi connectivity index (χ2v) is 5.78. The van der Waals surface area contributed by atoms with Crippen molar-refractivity contribution in [2.75, 3.05) is 5.32 Å². The van der Waals surface area contributed by atoms with Crippen molar-refractivity contribution in [3.05, 3.63) is 53.6 Å². The van der Waals surface area contributed by atoms with Gasteiger partial charge in [0.1, 0.15) is 6.04 Å². The minimum Gasteiger partial charge on any atom is -0.324 e. The zero-order chi connectivity index (χ0) is 13.4. The molecule has 2 aromatic rings. The number of anilines is 1. The number of carbonyl (C=O) groups excluding carboxylic acids is 1. The van der Waals surface area contributed by atoms with Crippen LogP contribution in [-0.2, 0) is 4.79 Å². The van der Waals surface area contributed by atoms with E-state index in [0.717, 1.165) is 16.1 Å². The molecule has 0 aromatic heterocycles. The Morgan fingerprint density at radius 1 is 1.11 bits per heavy atom. The van der Waals surface area contributed by atoms with Crippen molar-refractivity contribution in [3.8, 4) is 0 Å². The Bertz CT molecular complexity index is 637. The summed E-state index contributed by atoms with van der Waals surface area (Å²) >= 11 is 1.67. The Kier molecular flexibility index (Phi) is 3.05. The summed E-state index contributed by atoms with van der Waals surface area (Å²) in [5.74, 6) is -0.132. The third-order valence-electron chi connectivity index (χ3n) is 3.16. The average molecular weight is 270 g/mol. The molecule has 1 atom stereocenters. The largest absolute Gasteiger partial charge is 0.324 e. The second-order valence-electron chi connectivity index (χ2n) is 4.63. The van der Waals surface area contributed by atoms with E-state index >= 15 is 0 Å². The fourth-order valence-electron chi connectivity index (χ4n) is 2.07. The van der Waals surface area contributed by atoms with E-state index in [2.05, 4.69) is 36.5 Å². The van der Waals surface area contributed by atoms with Gasteiger partial charge in [-0.05, 0) is 31.2 Å². The van der Waals surface area contributed by atoms with Gasteiger partial charge in [-0.2, -0.15) is 0 Å². The summed E-state index contributed by atoms with van der Waals surface area (Å²) in [5.41, 5.74) is 8.74. The van der Waals surface area contributed by atoms with Crippen LogP contribution in [-0.4, -0.2) is 5.91 Å². The number of hydrogen-bond donors (Lipinski definition) is 2. The van der Waals surface area contributed by atoms with Crippen LogP contribution in [0, 0.1) is 6.92 Å². The lowest BCUT2D eigenvalue weighted by Crippen LogP contribution is -2.19. The van der Waals surface area contributed by atoms with Crippen LogP contribution in [0.25, 0.3) is 0 Å². The van der Waals surface area contributed by atoms with E-state index in [-0.39, 0.29) is 5.91 Å². The lowest BCUT2D eigenvalue weighted by atomic mass is 10.1. The minimum absolute atomic E-state index is 0.132. The molecule has 2 aromatic carbocycles. The normalized spacial score (nSPS) is 17.2. The highest BCUT2D eigenvalue weighted by molar-refractivity contribution is 7.99. The van der Waals surface area contributed by atoms with Gasteiger partial charge in [0.15, 0.2) is 0 Å². The van der Waals surface area contributed by atoms with Crippen LogP contribution in [0.1, 0.15) is 17.2 Å².